The Bertz CT molecular complexity index is 901. The van der Waals surface area contributed by atoms with Crippen molar-refractivity contribution in [1.82, 2.24) is 10.3 Å². The van der Waals surface area contributed by atoms with Gasteiger partial charge in [-0.1, -0.05) is 19.9 Å². The van der Waals surface area contributed by atoms with E-state index in [-0.39, 0.29) is 18.3 Å². The maximum atomic E-state index is 13.2. The number of carbonyl (C=O) groups excluding carboxylic acids is 1. The summed E-state index contributed by atoms with van der Waals surface area (Å²) in [6.07, 6.45) is 1.85. The fraction of sp³-hybridized carbons (Fsp3) is 0.263. The number of amides is 1. The lowest BCUT2D eigenvalue weighted by molar-refractivity contribution is -0.498. The highest BCUT2D eigenvalue weighted by Crippen LogP contribution is 2.18. The van der Waals surface area contributed by atoms with Crippen LogP contribution >= 0.6 is 0 Å². The van der Waals surface area contributed by atoms with Crippen molar-refractivity contribution in [3.8, 4) is 11.4 Å². The van der Waals surface area contributed by atoms with Gasteiger partial charge in [-0.05, 0) is 36.4 Å². The molecule has 130 valence electrons. The van der Waals surface area contributed by atoms with Gasteiger partial charge in [-0.2, -0.15) is 4.40 Å². The summed E-state index contributed by atoms with van der Waals surface area (Å²) < 4.78 is 15.1. The van der Waals surface area contributed by atoms with Crippen LogP contribution in [0.1, 0.15) is 24.3 Å². The van der Waals surface area contributed by atoms with E-state index < -0.39 is 5.41 Å². The molecule has 1 aromatic carbocycles. The number of fused-ring (bicyclic) bond motifs is 1. The lowest BCUT2D eigenvalue weighted by atomic mass is 9.95. The van der Waals surface area contributed by atoms with Gasteiger partial charge < -0.3 is 10.4 Å². The third-order valence-electron chi connectivity index (χ3n) is 4.10. The quantitative estimate of drug-likeness (QED) is 0.623. The summed E-state index contributed by atoms with van der Waals surface area (Å²) in [5.41, 5.74) is 1.53. The molecular weight excluding hydrogens is 321 g/mol. The van der Waals surface area contributed by atoms with E-state index in [9.17, 15) is 14.3 Å². The van der Waals surface area contributed by atoms with Crippen LogP contribution in [0.25, 0.3) is 16.9 Å². The Balaban J connectivity index is 1.99. The van der Waals surface area contributed by atoms with Crippen LogP contribution in [0.2, 0.25) is 0 Å². The van der Waals surface area contributed by atoms with Gasteiger partial charge in [0.1, 0.15) is 5.82 Å². The van der Waals surface area contributed by atoms with Crippen molar-refractivity contribution in [1.29, 1.82) is 0 Å². The Morgan fingerprint density at radius 2 is 1.96 bits per heavy atom. The van der Waals surface area contributed by atoms with Gasteiger partial charge in [0.15, 0.2) is 5.52 Å². The maximum Gasteiger partial charge on any atom is 0.295 e. The highest BCUT2D eigenvalue weighted by molar-refractivity contribution is 5.98. The number of nitrogens with one attached hydrogen (secondary N) is 2. The first kappa shape index (κ1) is 17.1. The van der Waals surface area contributed by atoms with Crippen LogP contribution in [0.5, 0.6) is 0 Å². The Morgan fingerprint density at radius 3 is 2.64 bits per heavy atom. The van der Waals surface area contributed by atoms with E-state index in [1.54, 1.807) is 12.1 Å². The number of aromatic nitrogens is 2. The van der Waals surface area contributed by atoms with Gasteiger partial charge in [-0.3, -0.25) is 4.79 Å². The summed E-state index contributed by atoms with van der Waals surface area (Å²) in [6.45, 7) is 4.08. The summed E-state index contributed by atoms with van der Waals surface area (Å²) in [5, 5.41) is 12.2. The number of nitrogens with zero attached hydrogens (tertiary/aromatic N) is 1. The standard InChI is InChI=1S/C19H20FN3O2/c1-19(2,12-24)11-21-18(25)16-15-5-3-4-10-23(15)17(22-16)13-6-8-14(20)9-7-13/h3-10,24H,11-12H2,1-2H3,(H,21,25)/p+1. The number of aliphatic hydroxyl groups excluding tert-OH is 1. The lowest BCUT2D eigenvalue weighted by Gasteiger charge is -2.21. The van der Waals surface area contributed by atoms with Gasteiger partial charge in [0.05, 0.1) is 11.8 Å². The smallest absolute Gasteiger partial charge is 0.295 e. The molecule has 0 fully saturated rings. The Labute approximate surface area is 145 Å². The molecule has 0 saturated carbocycles. The first-order valence-corrected chi connectivity index (χ1v) is 8.09. The first-order chi connectivity index (χ1) is 11.9. The number of imidazole rings is 1. The molecule has 3 rings (SSSR count). The monoisotopic (exact) mass is 342 g/mol. The molecule has 3 aromatic rings. The number of rotatable bonds is 5. The summed E-state index contributed by atoms with van der Waals surface area (Å²) in [6, 6.07) is 11.7. The molecule has 5 nitrogen and oxygen atoms in total. The number of aliphatic hydroxyl groups is 1. The van der Waals surface area contributed by atoms with Crippen molar-refractivity contribution in [3.05, 3.63) is 60.2 Å². The molecule has 0 spiro atoms. The second kappa shape index (κ2) is 6.64. The van der Waals surface area contributed by atoms with Crippen molar-refractivity contribution < 1.29 is 18.7 Å². The second-order valence-electron chi connectivity index (χ2n) is 6.82. The summed E-state index contributed by atoms with van der Waals surface area (Å²) >= 11 is 0. The second-order valence-corrected chi connectivity index (χ2v) is 6.82. The van der Waals surface area contributed by atoms with Gasteiger partial charge in [-0.15, -0.1) is 0 Å². The van der Waals surface area contributed by atoms with Gasteiger partial charge in [0, 0.05) is 18.6 Å². The third kappa shape index (κ3) is 3.53. The number of carbonyl (C=O) groups is 1. The number of aromatic amines is 1. The van der Waals surface area contributed by atoms with Crippen molar-refractivity contribution in [3.63, 3.8) is 0 Å². The van der Waals surface area contributed by atoms with Crippen LogP contribution in [0.4, 0.5) is 4.39 Å². The molecule has 6 heteroatoms. The van der Waals surface area contributed by atoms with E-state index in [4.69, 9.17) is 0 Å². The lowest BCUT2D eigenvalue weighted by Crippen LogP contribution is -2.36. The Kier molecular flexibility index (Phi) is 4.55. The average Bonchev–Trinajstić information content (AvgIpc) is 3.00. The fourth-order valence-electron chi connectivity index (χ4n) is 2.54. The predicted octanol–water partition coefficient (Wildman–Crippen LogP) is 2.31. The molecule has 0 saturated heterocycles. The zero-order chi connectivity index (χ0) is 18.0. The van der Waals surface area contributed by atoms with Crippen molar-refractivity contribution in [2.24, 2.45) is 5.41 Å². The number of benzene rings is 1. The minimum absolute atomic E-state index is 0.0195. The maximum absolute atomic E-state index is 13.2. The first-order valence-electron chi connectivity index (χ1n) is 8.09. The fourth-order valence-corrected chi connectivity index (χ4v) is 2.54. The number of pyridine rings is 1. The minimum atomic E-state index is -0.398. The number of halogens is 1. The van der Waals surface area contributed by atoms with Crippen molar-refractivity contribution >= 4 is 11.4 Å². The Morgan fingerprint density at radius 1 is 1.24 bits per heavy atom. The molecule has 0 atom stereocenters. The number of hydrogen-bond donors (Lipinski definition) is 3. The van der Waals surface area contributed by atoms with Gasteiger partial charge in [-0.25, -0.2) is 9.37 Å². The van der Waals surface area contributed by atoms with Crippen LogP contribution in [0.3, 0.4) is 0 Å². The molecule has 0 aliphatic heterocycles. The average molecular weight is 342 g/mol. The summed E-state index contributed by atoms with van der Waals surface area (Å²) in [5.74, 6) is 0.134. The van der Waals surface area contributed by atoms with E-state index in [1.165, 1.54) is 12.1 Å². The zero-order valence-corrected chi connectivity index (χ0v) is 14.2. The molecule has 25 heavy (non-hydrogen) atoms. The molecule has 0 bridgehead atoms. The molecular formula is C19H21FN3O2+. The van der Waals surface area contributed by atoms with Gasteiger partial charge in [0.25, 0.3) is 11.7 Å². The van der Waals surface area contributed by atoms with Crippen molar-refractivity contribution in [2.45, 2.75) is 13.8 Å². The highest BCUT2D eigenvalue weighted by Gasteiger charge is 2.26. The van der Waals surface area contributed by atoms with Crippen molar-refractivity contribution in [2.75, 3.05) is 13.2 Å². The van der Waals surface area contributed by atoms with E-state index in [0.717, 1.165) is 11.1 Å². The van der Waals surface area contributed by atoms with E-state index in [2.05, 4.69) is 10.3 Å². The van der Waals surface area contributed by atoms with Gasteiger partial charge >= 0.3 is 0 Å². The SMILES string of the molecule is CC(C)(CO)CNC(=O)c1[nH]c(-c2ccc(F)cc2)[n+]2ccccc12. The minimum Gasteiger partial charge on any atom is -0.396 e. The molecule has 3 N–H and O–H groups in total. The van der Waals surface area contributed by atoms with Crippen LogP contribution in [-0.4, -0.2) is 29.1 Å². The molecule has 1 amide bonds. The molecule has 0 radical (unpaired) electrons. The molecule has 0 aliphatic rings. The number of H-pyrrole nitrogens is 1. The van der Waals surface area contributed by atoms with Crippen LogP contribution in [-0.2, 0) is 0 Å². The van der Waals surface area contributed by atoms with Crippen LogP contribution in [0.15, 0.2) is 48.7 Å². The van der Waals surface area contributed by atoms with E-state index in [0.29, 0.717) is 18.1 Å². The van der Waals surface area contributed by atoms with E-state index >= 15 is 0 Å². The topological polar surface area (TPSA) is 69.2 Å². The molecule has 0 unspecified atom stereocenters. The zero-order valence-electron chi connectivity index (χ0n) is 14.2. The Hall–Kier alpha value is -2.73. The number of hydrogen-bond acceptors (Lipinski definition) is 2. The summed E-state index contributed by atoms with van der Waals surface area (Å²) in [7, 11) is 0. The van der Waals surface area contributed by atoms with E-state index in [1.807, 2.05) is 42.6 Å². The summed E-state index contributed by atoms with van der Waals surface area (Å²) in [4.78, 5) is 15.8. The largest absolute Gasteiger partial charge is 0.396 e. The highest BCUT2D eigenvalue weighted by atomic mass is 19.1. The van der Waals surface area contributed by atoms with Crippen LogP contribution in [0, 0.1) is 11.2 Å². The van der Waals surface area contributed by atoms with Gasteiger partial charge in [0.2, 0.25) is 5.69 Å². The molecule has 0 aliphatic carbocycles. The van der Waals surface area contributed by atoms with Crippen LogP contribution < -0.4 is 9.72 Å². The normalized spacial score (nSPS) is 11.7. The molecule has 2 heterocycles. The molecule has 2 aromatic heterocycles. The predicted molar refractivity (Wildman–Crippen MR) is 92.5 cm³/mol. The third-order valence-corrected chi connectivity index (χ3v) is 4.10.